The zero-order chi connectivity index (χ0) is 8.39. The molecule has 1 atom stereocenters. The predicted molar refractivity (Wildman–Crippen MR) is 41.3 cm³/mol. The molecule has 0 radical (unpaired) electrons. The van der Waals surface area contributed by atoms with Crippen LogP contribution in [0.2, 0.25) is 0 Å². The largest absolute Gasteiger partial charge is 0.381 e. The van der Waals surface area contributed by atoms with Crippen LogP contribution in [-0.2, 0) is 11.2 Å². The molecule has 1 aliphatic heterocycles. The van der Waals surface area contributed by atoms with Crippen LogP contribution >= 0.6 is 0 Å². The third-order valence-corrected chi connectivity index (χ3v) is 1.98. The molecule has 2 heterocycles. The van der Waals surface area contributed by atoms with E-state index in [1.165, 1.54) is 0 Å². The molecular formula is C7H11N3O2. The Morgan fingerprint density at radius 1 is 1.58 bits per heavy atom. The molecule has 1 fully saturated rings. The fourth-order valence-electron chi connectivity index (χ4n) is 1.35. The fraction of sp³-hybridized carbons (Fsp3) is 0.714. The van der Waals surface area contributed by atoms with E-state index in [0.29, 0.717) is 11.7 Å². The maximum absolute atomic E-state index is 5.28. The first-order valence-electron chi connectivity index (χ1n) is 4.00. The number of anilines is 1. The minimum atomic E-state index is 0.143. The van der Waals surface area contributed by atoms with E-state index in [1.807, 2.05) is 0 Å². The Morgan fingerprint density at radius 3 is 3.08 bits per heavy atom. The molecule has 0 spiro atoms. The smallest absolute Gasteiger partial charge is 0.318 e. The number of aromatic nitrogens is 2. The summed E-state index contributed by atoms with van der Waals surface area (Å²) in [6.07, 6.45) is 1.88. The Kier molecular flexibility index (Phi) is 1.95. The lowest BCUT2D eigenvalue weighted by molar-refractivity contribution is 0.185. The van der Waals surface area contributed by atoms with Gasteiger partial charge in [0.25, 0.3) is 0 Å². The monoisotopic (exact) mass is 169 g/mol. The van der Waals surface area contributed by atoms with Crippen molar-refractivity contribution < 1.29 is 9.26 Å². The van der Waals surface area contributed by atoms with Crippen LogP contribution in [0.1, 0.15) is 12.2 Å². The first-order valence-corrected chi connectivity index (χ1v) is 4.00. The topological polar surface area (TPSA) is 74.2 Å². The first kappa shape index (κ1) is 7.54. The van der Waals surface area contributed by atoms with Crippen molar-refractivity contribution in [2.24, 2.45) is 5.92 Å². The van der Waals surface area contributed by atoms with Crippen LogP contribution in [0.15, 0.2) is 4.52 Å². The Balaban J connectivity index is 1.94. The fourth-order valence-corrected chi connectivity index (χ4v) is 1.35. The van der Waals surface area contributed by atoms with Gasteiger partial charge in [0.15, 0.2) is 5.82 Å². The van der Waals surface area contributed by atoms with E-state index in [0.717, 1.165) is 26.1 Å². The van der Waals surface area contributed by atoms with Crippen LogP contribution in [0.4, 0.5) is 6.01 Å². The van der Waals surface area contributed by atoms with Gasteiger partial charge in [0.1, 0.15) is 0 Å². The molecule has 0 bridgehead atoms. The molecule has 1 aromatic rings. The third-order valence-electron chi connectivity index (χ3n) is 1.98. The van der Waals surface area contributed by atoms with Gasteiger partial charge in [-0.05, 0) is 12.3 Å². The van der Waals surface area contributed by atoms with Crippen molar-refractivity contribution in [3.8, 4) is 0 Å². The van der Waals surface area contributed by atoms with Crippen LogP contribution in [0, 0.1) is 5.92 Å². The summed E-state index contributed by atoms with van der Waals surface area (Å²) in [5.74, 6) is 1.21. The van der Waals surface area contributed by atoms with E-state index in [-0.39, 0.29) is 6.01 Å². The summed E-state index contributed by atoms with van der Waals surface area (Å²) in [4.78, 5) is 3.92. The average molecular weight is 169 g/mol. The molecular weight excluding hydrogens is 158 g/mol. The van der Waals surface area contributed by atoms with Gasteiger partial charge in [-0.25, -0.2) is 0 Å². The number of ether oxygens (including phenoxy) is 1. The van der Waals surface area contributed by atoms with Gasteiger partial charge in [0.2, 0.25) is 0 Å². The average Bonchev–Trinajstić information content (AvgIpc) is 2.63. The van der Waals surface area contributed by atoms with Gasteiger partial charge < -0.3 is 15.0 Å². The molecule has 12 heavy (non-hydrogen) atoms. The number of rotatable bonds is 2. The summed E-state index contributed by atoms with van der Waals surface area (Å²) in [6.45, 7) is 1.65. The molecule has 0 aromatic carbocycles. The molecule has 5 nitrogen and oxygen atoms in total. The van der Waals surface area contributed by atoms with Crippen LogP contribution < -0.4 is 5.73 Å². The number of hydrogen-bond acceptors (Lipinski definition) is 5. The van der Waals surface area contributed by atoms with E-state index in [2.05, 4.69) is 14.7 Å². The highest BCUT2D eigenvalue weighted by Gasteiger charge is 2.18. The number of nitrogens with two attached hydrogens (primary N) is 1. The van der Waals surface area contributed by atoms with Gasteiger partial charge in [-0.15, -0.1) is 0 Å². The maximum atomic E-state index is 5.28. The Morgan fingerprint density at radius 2 is 2.50 bits per heavy atom. The van der Waals surface area contributed by atoms with Gasteiger partial charge in [0.05, 0.1) is 0 Å². The van der Waals surface area contributed by atoms with E-state index in [1.54, 1.807) is 0 Å². The van der Waals surface area contributed by atoms with Crippen molar-refractivity contribution in [2.45, 2.75) is 12.8 Å². The molecule has 1 aromatic heterocycles. The van der Waals surface area contributed by atoms with Crippen molar-refractivity contribution in [2.75, 3.05) is 18.9 Å². The Bertz CT molecular complexity index is 255. The second kappa shape index (κ2) is 3.10. The highest BCUT2D eigenvalue weighted by molar-refractivity contribution is 5.07. The molecule has 1 saturated heterocycles. The van der Waals surface area contributed by atoms with Gasteiger partial charge in [0, 0.05) is 19.6 Å². The third kappa shape index (κ3) is 1.55. The van der Waals surface area contributed by atoms with Crippen molar-refractivity contribution in [1.82, 2.24) is 10.1 Å². The van der Waals surface area contributed by atoms with E-state index < -0.39 is 0 Å². The molecule has 1 unspecified atom stereocenters. The summed E-state index contributed by atoms with van der Waals surface area (Å²) in [6, 6.07) is 0.143. The SMILES string of the molecule is Nc1nc(CC2CCOC2)no1. The molecule has 0 amide bonds. The molecule has 5 heteroatoms. The van der Waals surface area contributed by atoms with Gasteiger partial charge >= 0.3 is 6.01 Å². The summed E-state index contributed by atoms with van der Waals surface area (Å²) in [7, 11) is 0. The highest BCUT2D eigenvalue weighted by Crippen LogP contribution is 2.16. The standard InChI is InChI=1S/C7H11N3O2/c8-7-9-6(10-12-7)3-5-1-2-11-4-5/h5H,1-4H2,(H2,8,9,10). The molecule has 66 valence electrons. The molecule has 2 N–H and O–H groups in total. The van der Waals surface area contributed by atoms with Crippen LogP contribution in [-0.4, -0.2) is 23.4 Å². The molecule has 1 aliphatic rings. The van der Waals surface area contributed by atoms with Gasteiger partial charge in [-0.1, -0.05) is 5.16 Å². The minimum absolute atomic E-state index is 0.143. The van der Waals surface area contributed by atoms with E-state index in [4.69, 9.17) is 10.5 Å². The van der Waals surface area contributed by atoms with Crippen LogP contribution in [0.5, 0.6) is 0 Å². The second-order valence-corrected chi connectivity index (χ2v) is 2.98. The molecule has 0 aliphatic carbocycles. The lowest BCUT2D eigenvalue weighted by Crippen LogP contribution is -2.04. The van der Waals surface area contributed by atoms with Crippen molar-refractivity contribution in [3.05, 3.63) is 5.82 Å². The van der Waals surface area contributed by atoms with Crippen LogP contribution in [0.25, 0.3) is 0 Å². The second-order valence-electron chi connectivity index (χ2n) is 2.98. The van der Waals surface area contributed by atoms with E-state index >= 15 is 0 Å². The predicted octanol–water partition coefficient (Wildman–Crippen LogP) is 0.231. The summed E-state index contributed by atoms with van der Waals surface area (Å²) < 4.78 is 9.87. The zero-order valence-electron chi connectivity index (χ0n) is 6.69. The number of hydrogen-bond donors (Lipinski definition) is 1. The highest BCUT2D eigenvalue weighted by atomic mass is 16.5. The zero-order valence-corrected chi connectivity index (χ0v) is 6.69. The van der Waals surface area contributed by atoms with Crippen molar-refractivity contribution >= 4 is 6.01 Å². The number of nitrogens with zero attached hydrogens (tertiary/aromatic N) is 2. The maximum Gasteiger partial charge on any atom is 0.318 e. The van der Waals surface area contributed by atoms with Gasteiger partial charge in [-0.2, -0.15) is 4.98 Å². The quantitative estimate of drug-likeness (QED) is 0.686. The lowest BCUT2D eigenvalue weighted by Gasteiger charge is -2.00. The van der Waals surface area contributed by atoms with E-state index in [9.17, 15) is 0 Å². The van der Waals surface area contributed by atoms with Gasteiger partial charge in [-0.3, -0.25) is 0 Å². The summed E-state index contributed by atoms with van der Waals surface area (Å²) >= 11 is 0. The normalized spacial score (nSPS) is 23.2. The lowest BCUT2D eigenvalue weighted by atomic mass is 10.1. The Labute approximate surface area is 69.9 Å². The summed E-state index contributed by atoms with van der Waals surface area (Å²) in [5.41, 5.74) is 5.28. The Hall–Kier alpha value is -1.10. The van der Waals surface area contributed by atoms with Crippen molar-refractivity contribution in [3.63, 3.8) is 0 Å². The van der Waals surface area contributed by atoms with Crippen LogP contribution in [0.3, 0.4) is 0 Å². The molecule has 0 saturated carbocycles. The first-order chi connectivity index (χ1) is 5.84. The number of nitrogen functional groups attached to an aromatic ring is 1. The van der Waals surface area contributed by atoms with Crippen molar-refractivity contribution in [1.29, 1.82) is 0 Å². The summed E-state index contributed by atoms with van der Waals surface area (Å²) in [5, 5.41) is 3.71. The molecule has 2 rings (SSSR count). The minimum Gasteiger partial charge on any atom is -0.381 e.